The van der Waals surface area contributed by atoms with Gasteiger partial charge in [-0.1, -0.05) is 12.1 Å². The average Bonchev–Trinajstić information content (AvgIpc) is 2.97. The van der Waals surface area contributed by atoms with Crippen LogP contribution in [0.1, 0.15) is 19.8 Å². The van der Waals surface area contributed by atoms with Crippen molar-refractivity contribution in [2.24, 2.45) is 5.92 Å². The third kappa shape index (κ3) is 4.28. The number of hydrogen-bond donors (Lipinski definition) is 1. The number of benzene rings is 1. The van der Waals surface area contributed by atoms with E-state index in [9.17, 15) is 4.79 Å². The first-order valence-electron chi connectivity index (χ1n) is 7.53. The van der Waals surface area contributed by atoms with Crippen molar-refractivity contribution in [3.8, 4) is 11.5 Å². The maximum Gasteiger partial charge on any atom is 0.317 e. The molecule has 21 heavy (non-hydrogen) atoms. The lowest BCUT2D eigenvalue weighted by Crippen LogP contribution is -2.38. The van der Waals surface area contributed by atoms with Crippen LogP contribution < -0.4 is 14.8 Å². The summed E-state index contributed by atoms with van der Waals surface area (Å²) in [7, 11) is 1.64. The molecule has 1 heterocycles. The minimum atomic E-state index is 0.0469. The van der Waals surface area contributed by atoms with Crippen LogP contribution in [0, 0.1) is 5.92 Å². The molecule has 1 aromatic rings. The van der Waals surface area contributed by atoms with Crippen LogP contribution in [0.3, 0.4) is 0 Å². The van der Waals surface area contributed by atoms with Crippen LogP contribution in [-0.2, 0) is 0 Å². The zero-order valence-electron chi connectivity index (χ0n) is 12.8. The first-order valence-corrected chi connectivity index (χ1v) is 7.53. The molecule has 0 bridgehead atoms. The fraction of sp³-hybridized carbons (Fsp3) is 0.562. The number of carbonyl (C=O) groups is 1. The Kier molecular flexibility index (Phi) is 5.72. The molecule has 2 rings (SSSR count). The van der Waals surface area contributed by atoms with Gasteiger partial charge in [-0.3, -0.25) is 0 Å². The lowest BCUT2D eigenvalue weighted by atomic mass is 10.1. The highest BCUT2D eigenvalue weighted by Crippen LogP contribution is 2.27. The van der Waals surface area contributed by atoms with E-state index in [1.54, 1.807) is 7.11 Å². The van der Waals surface area contributed by atoms with E-state index in [1.807, 2.05) is 36.1 Å². The molecule has 0 saturated carbocycles. The molecule has 1 atom stereocenters. The van der Waals surface area contributed by atoms with Crippen LogP contribution in [-0.4, -0.2) is 44.3 Å². The molecule has 0 aliphatic carbocycles. The highest BCUT2D eigenvalue weighted by Gasteiger charge is 2.25. The van der Waals surface area contributed by atoms with Crippen molar-refractivity contribution in [3.63, 3.8) is 0 Å². The zero-order chi connectivity index (χ0) is 15.1. The Labute approximate surface area is 126 Å². The topological polar surface area (TPSA) is 50.8 Å². The maximum atomic E-state index is 11.7. The molecule has 0 aromatic heterocycles. The van der Waals surface area contributed by atoms with Gasteiger partial charge in [-0.25, -0.2) is 4.79 Å². The highest BCUT2D eigenvalue weighted by molar-refractivity contribution is 5.74. The number of amides is 2. The molecule has 5 heteroatoms. The van der Waals surface area contributed by atoms with E-state index in [1.165, 1.54) is 0 Å². The molecule has 1 unspecified atom stereocenters. The summed E-state index contributed by atoms with van der Waals surface area (Å²) in [6, 6.07) is 7.71. The van der Waals surface area contributed by atoms with Gasteiger partial charge in [0, 0.05) is 19.6 Å². The Balaban J connectivity index is 1.73. The van der Waals surface area contributed by atoms with Crippen LogP contribution in [0.5, 0.6) is 11.5 Å². The lowest BCUT2D eigenvalue weighted by Gasteiger charge is -2.17. The fourth-order valence-corrected chi connectivity index (χ4v) is 2.59. The second-order valence-electron chi connectivity index (χ2n) is 5.22. The third-order valence-electron chi connectivity index (χ3n) is 3.75. The van der Waals surface area contributed by atoms with Crippen molar-refractivity contribution >= 4 is 6.03 Å². The molecular formula is C16H24N2O3. The van der Waals surface area contributed by atoms with E-state index in [0.717, 1.165) is 37.4 Å². The van der Waals surface area contributed by atoms with Crippen LogP contribution in [0.4, 0.5) is 4.79 Å². The van der Waals surface area contributed by atoms with Crippen molar-refractivity contribution in [3.05, 3.63) is 24.3 Å². The Morgan fingerprint density at radius 2 is 2.14 bits per heavy atom. The van der Waals surface area contributed by atoms with Gasteiger partial charge in [0.05, 0.1) is 13.7 Å². The molecule has 1 aliphatic heterocycles. The van der Waals surface area contributed by atoms with Gasteiger partial charge in [0.1, 0.15) is 0 Å². The van der Waals surface area contributed by atoms with E-state index in [4.69, 9.17) is 9.47 Å². The number of likely N-dealkylation sites (tertiary alicyclic amines) is 1. The zero-order valence-corrected chi connectivity index (χ0v) is 12.8. The van der Waals surface area contributed by atoms with Crippen LogP contribution in [0.25, 0.3) is 0 Å². The summed E-state index contributed by atoms with van der Waals surface area (Å²) in [6.07, 6.45) is 2.00. The van der Waals surface area contributed by atoms with Crippen molar-refractivity contribution in [1.29, 1.82) is 0 Å². The normalized spacial score (nSPS) is 17.6. The largest absolute Gasteiger partial charge is 0.493 e. The SMILES string of the molecule is CCNC(=O)N1CCC(CCOc2ccccc2OC)C1. The molecule has 1 N–H and O–H groups in total. The van der Waals surface area contributed by atoms with Gasteiger partial charge in [-0.2, -0.15) is 0 Å². The van der Waals surface area contributed by atoms with Crippen molar-refractivity contribution in [2.75, 3.05) is 33.4 Å². The summed E-state index contributed by atoms with van der Waals surface area (Å²) >= 11 is 0. The van der Waals surface area contributed by atoms with Gasteiger partial charge in [0.25, 0.3) is 0 Å². The molecule has 1 aliphatic rings. The molecule has 1 saturated heterocycles. The van der Waals surface area contributed by atoms with Gasteiger partial charge in [0.2, 0.25) is 0 Å². The lowest BCUT2D eigenvalue weighted by molar-refractivity contribution is 0.205. The summed E-state index contributed by atoms with van der Waals surface area (Å²) < 4.78 is 11.0. The van der Waals surface area contributed by atoms with E-state index >= 15 is 0 Å². The summed E-state index contributed by atoms with van der Waals surface area (Å²) in [5.41, 5.74) is 0. The Bertz CT molecular complexity index is 465. The number of ether oxygens (including phenoxy) is 2. The molecule has 1 fully saturated rings. The highest BCUT2D eigenvalue weighted by atomic mass is 16.5. The molecule has 0 radical (unpaired) electrons. The molecule has 0 spiro atoms. The number of para-hydroxylation sites is 2. The van der Waals surface area contributed by atoms with Crippen LogP contribution >= 0.6 is 0 Å². The first-order chi connectivity index (χ1) is 10.2. The standard InChI is InChI=1S/C16H24N2O3/c1-3-17-16(19)18-10-8-13(12-18)9-11-21-15-7-5-4-6-14(15)20-2/h4-7,13H,3,8-12H2,1-2H3,(H,17,19). The Hall–Kier alpha value is -1.91. The molecule has 116 valence electrons. The smallest absolute Gasteiger partial charge is 0.317 e. The van der Waals surface area contributed by atoms with Gasteiger partial charge < -0.3 is 19.7 Å². The fourth-order valence-electron chi connectivity index (χ4n) is 2.59. The number of carbonyl (C=O) groups excluding carboxylic acids is 1. The molecule has 1 aromatic carbocycles. The van der Waals surface area contributed by atoms with Crippen LogP contribution in [0.15, 0.2) is 24.3 Å². The van der Waals surface area contributed by atoms with Gasteiger partial charge >= 0.3 is 6.03 Å². The second-order valence-corrected chi connectivity index (χ2v) is 5.22. The summed E-state index contributed by atoms with van der Waals surface area (Å²) in [6.45, 7) is 4.92. The quantitative estimate of drug-likeness (QED) is 0.876. The van der Waals surface area contributed by atoms with Crippen molar-refractivity contribution in [1.82, 2.24) is 10.2 Å². The number of methoxy groups -OCH3 is 1. The maximum absolute atomic E-state index is 11.7. The Morgan fingerprint density at radius 1 is 1.38 bits per heavy atom. The number of rotatable bonds is 6. The molecular weight excluding hydrogens is 268 g/mol. The van der Waals surface area contributed by atoms with E-state index in [0.29, 0.717) is 19.1 Å². The van der Waals surface area contributed by atoms with E-state index in [2.05, 4.69) is 5.32 Å². The predicted octanol–water partition coefficient (Wildman–Crippen LogP) is 2.52. The molecule has 2 amide bonds. The monoisotopic (exact) mass is 292 g/mol. The first kappa shape index (κ1) is 15.5. The van der Waals surface area contributed by atoms with Gasteiger partial charge in [-0.15, -0.1) is 0 Å². The summed E-state index contributed by atoms with van der Waals surface area (Å²) in [5.74, 6) is 2.05. The summed E-state index contributed by atoms with van der Waals surface area (Å²) in [4.78, 5) is 13.6. The van der Waals surface area contributed by atoms with Gasteiger partial charge in [0.15, 0.2) is 11.5 Å². The Morgan fingerprint density at radius 3 is 2.86 bits per heavy atom. The number of nitrogens with zero attached hydrogens (tertiary/aromatic N) is 1. The van der Waals surface area contributed by atoms with Gasteiger partial charge in [-0.05, 0) is 37.8 Å². The van der Waals surface area contributed by atoms with E-state index < -0.39 is 0 Å². The van der Waals surface area contributed by atoms with Crippen LogP contribution in [0.2, 0.25) is 0 Å². The number of urea groups is 1. The summed E-state index contributed by atoms with van der Waals surface area (Å²) in [5, 5.41) is 2.84. The minimum absolute atomic E-state index is 0.0469. The number of hydrogen-bond acceptors (Lipinski definition) is 3. The third-order valence-corrected chi connectivity index (χ3v) is 3.75. The average molecular weight is 292 g/mol. The van der Waals surface area contributed by atoms with E-state index in [-0.39, 0.29) is 6.03 Å². The van der Waals surface area contributed by atoms with Crippen molar-refractivity contribution < 1.29 is 14.3 Å². The minimum Gasteiger partial charge on any atom is -0.493 e. The second kappa shape index (κ2) is 7.76. The predicted molar refractivity (Wildman–Crippen MR) is 81.9 cm³/mol. The number of nitrogens with one attached hydrogen (secondary N) is 1. The molecule has 5 nitrogen and oxygen atoms in total. The van der Waals surface area contributed by atoms with Crippen molar-refractivity contribution in [2.45, 2.75) is 19.8 Å².